The first kappa shape index (κ1) is 23.0. The molecule has 0 spiro atoms. The molecule has 1 aliphatic heterocycles. The maximum atomic E-state index is 13.5. The molecule has 4 rings (SSSR count). The lowest BCUT2D eigenvalue weighted by Gasteiger charge is -2.40. The molecule has 7 heteroatoms. The summed E-state index contributed by atoms with van der Waals surface area (Å²) in [5, 5.41) is 8.59. The number of urea groups is 1. The van der Waals surface area contributed by atoms with Gasteiger partial charge in [-0.25, -0.2) is 4.79 Å². The maximum absolute atomic E-state index is 13.5. The molecule has 1 aliphatic rings. The van der Waals surface area contributed by atoms with Crippen LogP contribution >= 0.6 is 0 Å². The van der Waals surface area contributed by atoms with E-state index >= 15 is 0 Å². The standard InChI is InChI=1S/C27H28N4O3/c1-20(32)31-18-16-27(17-19-31,21-8-4-2-5-9-21)25(33)28-23-12-14-24(15-13-23)30-26(34)29-22-10-6-3-7-11-22/h2-15H,16-19H2,1H3,(H,28,33)(H2,29,30,34). The normalized spacial score (nSPS) is 14.7. The Kier molecular flexibility index (Phi) is 6.92. The van der Waals surface area contributed by atoms with Crippen LogP contribution in [0.15, 0.2) is 84.9 Å². The van der Waals surface area contributed by atoms with E-state index in [-0.39, 0.29) is 17.8 Å². The number of benzene rings is 3. The van der Waals surface area contributed by atoms with E-state index in [1.54, 1.807) is 36.1 Å². The van der Waals surface area contributed by atoms with Gasteiger partial charge in [-0.2, -0.15) is 0 Å². The molecule has 1 saturated heterocycles. The Morgan fingerprint density at radius 2 is 1.15 bits per heavy atom. The smallest absolute Gasteiger partial charge is 0.323 e. The van der Waals surface area contributed by atoms with E-state index in [0.717, 1.165) is 5.56 Å². The lowest BCUT2D eigenvalue weighted by Crippen LogP contribution is -2.50. The quantitative estimate of drug-likeness (QED) is 0.513. The summed E-state index contributed by atoms with van der Waals surface area (Å²) in [7, 11) is 0. The van der Waals surface area contributed by atoms with Gasteiger partial charge in [-0.1, -0.05) is 48.5 Å². The van der Waals surface area contributed by atoms with Gasteiger partial charge in [0.2, 0.25) is 11.8 Å². The Bertz CT molecular complexity index is 1140. The van der Waals surface area contributed by atoms with Crippen molar-refractivity contribution in [1.29, 1.82) is 0 Å². The number of para-hydroxylation sites is 1. The van der Waals surface area contributed by atoms with Crippen molar-refractivity contribution in [3.05, 3.63) is 90.5 Å². The van der Waals surface area contributed by atoms with Crippen molar-refractivity contribution in [2.75, 3.05) is 29.0 Å². The van der Waals surface area contributed by atoms with Gasteiger partial charge in [0.25, 0.3) is 0 Å². The highest BCUT2D eigenvalue weighted by Crippen LogP contribution is 2.37. The molecule has 3 N–H and O–H groups in total. The molecule has 0 bridgehead atoms. The molecule has 34 heavy (non-hydrogen) atoms. The number of carbonyl (C=O) groups is 3. The van der Waals surface area contributed by atoms with E-state index in [2.05, 4.69) is 16.0 Å². The molecule has 7 nitrogen and oxygen atoms in total. The van der Waals surface area contributed by atoms with Gasteiger partial charge in [0.05, 0.1) is 5.41 Å². The van der Waals surface area contributed by atoms with Crippen molar-refractivity contribution in [3.63, 3.8) is 0 Å². The second kappa shape index (κ2) is 10.2. The van der Waals surface area contributed by atoms with Crippen LogP contribution in [-0.2, 0) is 15.0 Å². The van der Waals surface area contributed by atoms with E-state index in [9.17, 15) is 14.4 Å². The fourth-order valence-corrected chi connectivity index (χ4v) is 4.31. The lowest BCUT2D eigenvalue weighted by molar-refractivity contribution is -0.133. The lowest BCUT2D eigenvalue weighted by atomic mass is 9.72. The summed E-state index contributed by atoms with van der Waals surface area (Å²) in [5.74, 6) is -0.0640. The zero-order chi connectivity index (χ0) is 24.0. The number of carbonyl (C=O) groups excluding carboxylic acids is 3. The van der Waals surface area contributed by atoms with Gasteiger partial charge >= 0.3 is 6.03 Å². The summed E-state index contributed by atoms with van der Waals surface area (Å²) >= 11 is 0. The molecule has 3 aromatic carbocycles. The SMILES string of the molecule is CC(=O)N1CCC(C(=O)Nc2ccc(NC(=O)Nc3ccccc3)cc2)(c2ccccc2)CC1. The average molecular weight is 457 g/mol. The molecule has 0 saturated carbocycles. The van der Waals surface area contributed by atoms with Gasteiger partial charge < -0.3 is 20.9 Å². The number of piperidine rings is 1. The van der Waals surface area contributed by atoms with Crippen LogP contribution in [0.5, 0.6) is 0 Å². The summed E-state index contributed by atoms with van der Waals surface area (Å²) in [5.41, 5.74) is 2.19. The Balaban J connectivity index is 1.44. The number of nitrogens with one attached hydrogen (secondary N) is 3. The maximum Gasteiger partial charge on any atom is 0.323 e. The minimum Gasteiger partial charge on any atom is -0.343 e. The highest BCUT2D eigenvalue weighted by Gasteiger charge is 2.43. The van der Waals surface area contributed by atoms with Crippen molar-refractivity contribution in [2.45, 2.75) is 25.2 Å². The van der Waals surface area contributed by atoms with Crippen LogP contribution in [0.1, 0.15) is 25.3 Å². The van der Waals surface area contributed by atoms with Crippen LogP contribution in [-0.4, -0.2) is 35.8 Å². The molecule has 0 aromatic heterocycles. The topological polar surface area (TPSA) is 90.5 Å². The molecular formula is C27H28N4O3. The highest BCUT2D eigenvalue weighted by atomic mass is 16.2. The number of nitrogens with zero attached hydrogens (tertiary/aromatic N) is 1. The van der Waals surface area contributed by atoms with Crippen molar-refractivity contribution in [2.24, 2.45) is 0 Å². The first-order chi connectivity index (χ1) is 16.5. The van der Waals surface area contributed by atoms with Crippen molar-refractivity contribution in [1.82, 2.24) is 4.90 Å². The molecule has 1 fully saturated rings. The monoisotopic (exact) mass is 456 g/mol. The first-order valence-electron chi connectivity index (χ1n) is 11.3. The van der Waals surface area contributed by atoms with Crippen molar-refractivity contribution < 1.29 is 14.4 Å². The number of hydrogen-bond donors (Lipinski definition) is 3. The van der Waals surface area contributed by atoms with E-state index in [1.165, 1.54) is 0 Å². The first-order valence-corrected chi connectivity index (χ1v) is 11.3. The van der Waals surface area contributed by atoms with Crippen LogP contribution in [0.3, 0.4) is 0 Å². The summed E-state index contributed by atoms with van der Waals surface area (Å²) in [6.07, 6.45) is 1.11. The Hall–Kier alpha value is -4.13. The number of likely N-dealkylation sites (tertiary alicyclic amines) is 1. The summed E-state index contributed by atoms with van der Waals surface area (Å²) in [6, 6.07) is 25.6. The zero-order valence-corrected chi connectivity index (χ0v) is 19.1. The van der Waals surface area contributed by atoms with Gasteiger partial charge in [-0.15, -0.1) is 0 Å². The predicted octanol–water partition coefficient (Wildman–Crippen LogP) is 4.85. The fraction of sp³-hybridized carbons (Fsp3) is 0.222. The van der Waals surface area contributed by atoms with E-state index in [1.807, 2.05) is 60.7 Å². The number of hydrogen-bond acceptors (Lipinski definition) is 3. The van der Waals surface area contributed by atoms with Crippen molar-refractivity contribution in [3.8, 4) is 0 Å². The zero-order valence-electron chi connectivity index (χ0n) is 19.1. The number of anilines is 3. The average Bonchev–Trinajstić information content (AvgIpc) is 2.86. The molecule has 1 heterocycles. The van der Waals surface area contributed by atoms with Gasteiger partial charge in [-0.05, 0) is 54.8 Å². The van der Waals surface area contributed by atoms with Crippen LogP contribution in [0, 0.1) is 0 Å². The molecule has 3 aromatic rings. The van der Waals surface area contributed by atoms with Crippen LogP contribution in [0.25, 0.3) is 0 Å². The molecule has 4 amide bonds. The second-order valence-corrected chi connectivity index (χ2v) is 8.43. The number of rotatable bonds is 5. The molecule has 0 unspecified atom stereocenters. The van der Waals surface area contributed by atoms with E-state index in [0.29, 0.717) is 43.0 Å². The third kappa shape index (κ3) is 5.26. The third-order valence-electron chi connectivity index (χ3n) is 6.26. The van der Waals surface area contributed by atoms with Crippen LogP contribution in [0.2, 0.25) is 0 Å². The summed E-state index contributed by atoms with van der Waals surface area (Å²) in [4.78, 5) is 39.3. The second-order valence-electron chi connectivity index (χ2n) is 8.43. The van der Waals surface area contributed by atoms with Crippen molar-refractivity contribution >= 4 is 34.9 Å². The molecule has 0 radical (unpaired) electrons. The Morgan fingerprint density at radius 3 is 1.68 bits per heavy atom. The Morgan fingerprint density at radius 1 is 0.676 bits per heavy atom. The van der Waals surface area contributed by atoms with Crippen LogP contribution < -0.4 is 16.0 Å². The minimum atomic E-state index is -0.709. The third-order valence-corrected chi connectivity index (χ3v) is 6.26. The van der Waals surface area contributed by atoms with Gasteiger partial charge in [0.15, 0.2) is 0 Å². The molecule has 0 aliphatic carbocycles. The summed E-state index contributed by atoms with van der Waals surface area (Å²) in [6.45, 7) is 2.64. The molecule has 174 valence electrons. The molecular weight excluding hydrogens is 428 g/mol. The molecule has 0 atom stereocenters. The van der Waals surface area contributed by atoms with Gasteiger partial charge in [0, 0.05) is 37.1 Å². The minimum absolute atomic E-state index is 0.0291. The van der Waals surface area contributed by atoms with E-state index in [4.69, 9.17) is 0 Å². The summed E-state index contributed by atoms with van der Waals surface area (Å²) < 4.78 is 0. The van der Waals surface area contributed by atoms with Gasteiger partial charge in [0.1, 0.15) is 0 Å². The Labute approximate surface area is 199 Å². The predicted molar refractivity (Wildman–Crippen MR) is 134 cm³/mol. The largest absolute Gasteiger partial charge is 0.343 e. The highest BCUT2D eigenvalue weighted by molar-refractivity contribution is 6.01. The fourth-order valence-electron chi connectivity index (χ4n) is 4.31. The van der Waals surface area contributed by atoms with E-state index < -0.39 is 5.41 Å². The number of amides is 4. The van der Waals surface area contributed by atoms with Crippen LogP contribution in [0.4, 0.5) is 21.9 Å². The van der Waals surface area contributed by atoms with Gasteiger partial charge in [-0.3, -0.25) is 9.59 Å².